The molecule has 0 fully saturated rings. The maximum Gasteiger partial charge on any atom is 0.313 e. The number of carbonyl (C=O) groups is 1. The average molecular weight is 225 g/mol. The van der Waals surface area contributed by atoms with Crippen LogP contribution in [0.1, 0.15) is 39.0 Å². The Labute approximate surface area is 94.3 Å². The summed E-state index contributed by atoms with van der Waals surface area (Å²) in [4.78, 5) is 15.0. The molecule has 1 rings (SSSR count). The molecule has 0 amide bonds. The van der Waals surface area contributed by atoms with Gasteiger partial charge in [0.1, 0.15) is 5.67 Å². The smallest absolute Gasteiger partial charge is 0.313 e. The van der Waals surface area contributed by atoms with E-state index in [4.69, 9.17) is 5.11 Å². The quantitative estimate of drug-likeness (QED) is 0.860. The van der Waals surface area contributed by atoms with E-state index in [0.717, 1.165) is 0 Å². The van der Waals surface area contributed by atoms with Crippen LogP contribution in [0.25, 0.3) is 0 Å². The molecule has 0 unspecified atom stereocenters. The fraction of sp³-hybridized carbons (Fsp3) is 0.500. The van der Waals surface area contributed by atoms with E-state index < -0.39 is 17.1 Å². The minimum absolute atomic E-state index is 0.249. The second kappa shape index (κ2) is 3.85. The summed E-state index contributed by atoms with van der Waals surface area (Å²) < 4.78 is 13.7. The van der Waals surface area contributed by atoms with Crippen molar-refractivity contribution in [2.24, 2.45) is 0 Å². The highest BCUT2D eigenvalue weighted by Crippen LogP contribution is 2.28. The first-order chi connectivity index (χ1) is 7.15. The Hall–Kier alpha value is -1.45. The highest BCUT2D eigenvalue weighted by Gasteiger charge is 2.31. The van der Waals surface area contributed by atoms with Crippen LogP contribution in [0.15, 0.2) is 18.3 Å². The van der Waals surface area contributed by atoms with E-state index in [0.29, 0.717) is 5.56 Å². The fourth-order valence-electron chi connectivity index (χ4n) is 1.27. The highest BCUT2D eigenvalue weighted by molar-refractivity contribution is 5.80. The number of carboxylic acids is 1. The standard InChI is InChI=1S/C12H16FNO2/c1-11(2,10(15)16)8-5-6-14-9(7-8)12(3,4)13/h5-7H,1-4H3,(H,15,16). The molecule has 0 aromatic carbocycles. The van der Waals surface area contributed by atoms with E-state index >= 15 is 0 Å². The first-order valence-corrected chi connectivity index (χ1v) is 5.05. The number of rotatable bonds is 3. The van der Waals surface area contributed by atoms with Gasteiger partial charge < -0.3 is 5.11 Å². The molecule has 0 saturated heterocycles. The van der Waals surface area contributed by atoms with Crippen LogP contribution >= 0.6 is 0 Å². The molecular formula is C12H16FNO2. The van der Waals surface area contributed by atoms with Crippen LogP contribution < -0.4 is 0 Å². The predicted octanol–water partition coefficient (Wildman–Crippen LogP) is 2.65. The van der Waals surface area contributed by atoms with E-state index in [-0.39, 0.29) is 5.69 Å². The molecule has 0 aliphatic carbocycles. The molecule has 1 N–H and O–H groups in total. The van der Waals surface area contributed by atoms with Crippen molar-refractivity contribution in [3.05, 3.63) is 29.6 Å². The lowest BCUT2D eigenvalue weighted by Crippen LogP contribution is -2.29. The van der Waals surface area contributed by atoms with Gasteiger partial charge in [-0.1, -0.05) is 0 Å². The largest absolute Gasteiger partial charge is 0.481 e. The Kier molecular flexibility index (Phi) is 3.03. The van der Waals surface area contributed by atoms with Gasteiger partial charge in [0.2, 0.25) is 0 Å². The number of aliphatic carboxylic acids is 1. The minimum atomic E-state index is -1.56. The molecule has 0 saturated carbocycles. The third kappa shape index (κ3) is 2.38. The van der Waals surface area contributed by atoms with E-state index in [1.807, 2.05) is 0 Å². The molecule has 0 atom stereocenters. The summed E-state index contributed by atoms with van der Waals surface area (Å²) in [6.07, 6.45) is 1.44. The lowest BCUT2D eigenvalue weighted by atomic mass is 9.84. The first-order valence-electron chi connectivity index (χ1n) is 5.05. The SMILES string of the molecule is CC(C)(F)c1cc(C(C)(C)C(=O)O)ccn1. The van der Waals surface area contributed by atoms with Gasteiger partial charge in [-0.25, -0.2) is 4.39 Å². The van der Waals surface area contributed by atoms with Crippen LogP contribution in [0.2, 0.25) is 0 Å². The Balaban J connectivity index is 3.23. The van der Waals surface area contributed by atoms with Crippen molar-refractivity contribution in [3.8, 4) is 0 Å². The van der Waals surface area contributed by atoms with Crippen molar-refractivity contribution < 1.29 is 14.3 Å². The summed E-state index contributed by atoms with van der Waals surface area (Å²) in [7, 11) is 0. The predicted molar refractivity (Wildman–Crippen MR) is 59.0 cm³/mol. The summed E-state index contributed by atoms with van der Waals surface area (Å²) in [5.41, 5.74) is -1.80. The molecule has 3 nitrogen and oxygen atoms in total. The first kappa shape index (κ1) is 12.6. The normalized spacial score (nSPS) is 12.6. The van der Waals surface area contributed by atoms with Crippen LogP contribution in [0.3, 0.4) is 0 Å². The molecule has 0 aliphatic rings. The summed E-state index contributed by atoms with van der Waals surface area (Å²) >= 11 is 0. The van der Waals surface area contributed by atoms with Crippen LogP contribution in [0.4, 0.5) is 4.39 Å². The highest BCUT2D eigenvalue weighted by atomic mass is 19.1. The molecule has 1 heterocycles. The van der Waals surface area contributed by atoms with Gasteiger partial charge in [-0.3, -0.25) is 9.78 Å². The zero-order chi connectivity index (χ0) is 12.6. The van der Waals surface area contributed by atoms with E-state index in [1.165, 1.54) is 26.1 Å². The van der Waals surface area contributed by atoms with Gasteiger partial charge in [0.05, 0.1) is 11.1 Å². The lowest BCUT2D eigenvalue weighted by molar-refractivity contribution is -0.142. The number of hydrogen-bond acceptors (Lipinski definition) is 2. The van der Waals surface area contributed by atoms with Crippen molar-refractivity contribution in [2.45, 2.75) is 38.8 Å². The van der Waals surface area contributed by atoms with E-state index in [2.05, 4.69) is 4.98 Å². The van der Waals surface area contributed by atoms with Crippen molar-refractivity contribution in [3.63, 3.8) is 0 Å². The van der Waals surface area contributed by atoms with Crippen LogP contribution in [-0.2, 0) is 15.9 Å². The average Bonchev–Trinajstić information content (AvgIpc) is 2.16. The zero-order valence-corrected chi connectivity index (χ0v) is 9.91. The summed E-state index contributed by atoms with van der Waals surface area (Å²) in [5, 5.41) is 9.07. The van der Waals surface area contributed by atoms with Crippen molar-refractivity contribution >= 4 is 5.97 Å². The van der Waals surface area contributed by atoms with Gasteiger partial charge in [-0.2, -0.15) is 0 Å². The summed E-state index contributed by atoms with van der Waals surface area (Å²) in [6, 6.07) is 3.11. The second-order valence-corrected chi connectivity index (χ2v) is 4.83. The topological polar surface area (TPSA) is 50.2 Å². The summed E-state index contributed by atoms with van der Waals surface area (Å²) in [5.74, 6) is -0.943. The molecule has 0 spiro atoms. The van der Waals surface area contributed by atoms with Gasteiger partial charge in [0.25, 0.3) is 0 Å². The van der Waals surface area contributed by atoms with Gasteiger partial charge in [0.15, 0.2) is 0 Å². The Morgan fingerprint density at radius 1 is 1.38 bits per heavy atom. The maximum atomic E-state index is 13.7. The van der Waals surface area contributed by atoms with Crippen molar-refractivity contribution in [1.82, 2.24) is 4.98 Å². The summed E-state index contributed by atoms with van der Waals surface area (Å²) in [6.45, 7) is 5.96. The number of carboxylic acid groups (broad SMARTS) is 1. The lowest BCUT2D eigenvalue weighted by Gasteiger charge is -2.22. The van der Waals surface area contributed by atoms with Gasteiger partial charge in [-0.05, 0) is 45.4 Å². The number of pyridine rings is 1. The number of nitrogens with zero attached hydrogens (tertiary/aromatic N) is 1. The molecule has 1 aromatic rings. The Bertz CT molecular complexity index is 408. The third-order valence-electron chi connectivity index (χ3n) is 2.63. The van der Waals surface area contributed by atoms with E-state index in [9.17, 15) is 9.18 Å². The third-order valence-corrected chi connectivity index (χ3v) is 2.63. The molecule has 88 valence electrons. The van der Waals surface area contributed by atoms with Gasteiger partial charge in [0, 0.05) is 6.20 Å². The van der Waals surface area contributed by atoms with Crippen molar-refractivity contribution in [2.75, 3.05) is 0 Å². The molecule has 0 aliphatic heterocycles. The zero-order valence-electron chi connectivity index (χ0n) is 9.91. The number of aromatic nitrogens is 1. The van der Waals surface area contributed by atoms with Gasteiger partial charge in [-0.15, -0.1) is 0 Å². The maximum absolute atomic E-state index is 13.7. The molecule has 1 aromatic heterocycles. The molecule has 4 heteroatoms. The fourth-order valence-corrected chi connectivity index (χ4v) is 1.27. The molecule has 16 heavy (non-hydrogen) atoms. The molecule has 0 bridgehead atoms. The number of halogens is 1. The Morgan fingerprint density at radius 3 is 2.38 bits per heavy atom. The van der Waals surface area contributed by atoms with Crippen LogP contribution in [-0.4, -0.2) is 16.1 Å². The number of alkyl halides is 1. The Morgan fingerprint density at radius 2 is 1.94 bits per heavy atom. The van der Waals surface area contributed by atoms with Crippen molar-refractivity contribution in [1.29, 1.82) is 0 Å². The monoisotopic (exact) mass is 225 g/mol. The molecular weight excluding hydrogens is 209 g/mol. The van der Waals surface area contributed by atoms with E-state index in [1.54, 1.807) is 19.9 Å². The minimum Gasteiger partial charge on any atom is -0.481 e. The second-order valence-electron chi connectivity index (χ2n) is 4.83. The molecule has 0 radical (unpaired) electrons. The number of hydrogen-bond donors (Lipinski definition) is 1. The van der Waals surface area contributed by atoms with Crippen LogP contribution in [0.5, 0.6) is 0 Å². The van der Waals surface area contributed by atoms with Crippen LogP contribution in [0, 0.1) is 0 Å². The van der Waals surface area contributed by atoms with Gasteiger partial charge >= 0.3 is 5.97 Å².